The third-order valence-corrected chi connectivity index (χ3v) is 1.93. The summed E-state index contributed by atoms with van der Waals surface area (Å²) in [6.07, 6.45) is 0.698. The highest BCUT2D eigenvalue weighted by Crippen LogP contribution is 2.03. The van der Waals surface area contributed by atoms with Crippen molar-refractivity contribution < 1.29 is 4.39 Å². The van der Waals surface area contributed by atoms with E-state index in [4.69, 9.17) is 5.73 Å². The molecule has 0 aliphatic carbocycles. The number of nitrogens with two attached hydrogens (primary N) is 1. The van der Waals surface area contributed by atoms with E-state index in [1.807, 2.05) is 13.0 Å². The zero-order valence-corrected chi connectivity index (χ0v) is 8.83. The molecule has 0 spiro atoms. The minimum atomic E-state index is -0.212. The molecule has 0 aromatic heterocycles. The molecule has 0 radical (unpaired) electrons. The van der Waals surface area contributed by atoms with Crippen molar-refractivity contribution in [2.24, 2.45) is 10.7 Å². The van der Waals surface area contributed by atoms with E-state index in [1.54, 1.807) is 6.07 Å². The molecule has 0 fully saturated rings. The summed E-state index contributed by atoms with van der Waals surface area (Å²) in [5.41, 5.74) is 6.48. The van der Waals surface area contributed by atoms with Gasteiger partial charge in [-0.3, -0.25) is 4.99 Å². The fraction of sp³-hybridized carbons (Fsp3) is 0.364. The number of rotatable bonds is 4. The van der Waals surface area contributed by atoms with Crippen LogP contribution in [0.15, 0.2) is 29.3 Å². The fourth-order valence-corrected chi connectivity index (χ4v) is 1.23. The van der Waals surface area contributed by atoms with E-state index < -0.39 is 0 Å². The lowest BCUT2D eigenvalue weighted by atomic mass is 10.1. The molecule has 3 nitrogen and oxygen atoms in total. The monoisotopic (exact) mass is 209 g/mol. The Morgan fingerprint density at radius 2 is 2.33 bits per heavy atom. The predicted molar refractivity (Wildman–Crippen MR) is 60.3 cm³/mol. The smallest absolute Gasteiger partial charge is 0.188 e. The summed E-state index contributed by atoms with van der Waals surface area (Å²) in [6.45, 7) is 3.28. The average molecular weight is 209 g/mol. The summed E-state index contributed by atoms with van der Waals surface area (Å²) < 4.78 is 12.8. The standard InChI is InChI=1S/C11H16FN3/c1-2-14-11(13)15-7-6-9-4-3-5-10(12)8-9/h3-5,8H,2,6-7H2,1H3,(H3,13,14,15). The molecule has 82 valence electrons. The van der Waals surface area contributed by atoms with Gasteiger partial charge in [0.05, 0.1) is 0 Å². The molecule has 3 N–H and O–H groups in total. The van der Waals surface area contributed by atoms with Crippen molar-refractivity contribution in [1.29, 1.82) is 0 Å². The molecule has 1 aromatic carbocycles. The quantitative estimate of drug-likeness (QED) is 0.580. The summed E-state index contributed by atoms with van der Waals surface area (Å²) in [5, 5.41) is 2.90. The zero-order valence-electron chi connectivity index (χ0n) is 8.83. The Hall–Kier alpha value is -1.58. The summed E-state index contributed by atoms with van der Waals surface area (Å²) >= 11 is 0. The Kier molecular flexibility index (Phi) is 4.60. The van der Waals surface area contributed by atoms with Crippen LogP contribution in [0.5, 0.6) is 0 Å². The lowest BCUT2D eigenvalue weighted by molar-refractivity contribution is 0.625. The second-order valence-electron chi connectivity index (χ2n) is 3.18. The normalized spacial score (nSPS) is 11.5. The first-order chi connectivity index (χ1) is 7.22. The molecule has 0 saturated heterocycles. The maximum atomic E-state index is 12.8. The van der Waals surface area contributed by atoms with Crippen LogP contribution in [0.25, 0.3) is 0 Å². The van der Waals surface area contributed by atoms with Crippen molar-refractivity contribution in [3.05, 3.63) is 35.6 Å². The molecule has 0 unspecified atom stereocenters. The van der Waals surface area contributed by atoms with E-state index in [2.05, 4.69) is 10.3 Å². The Bertz CT molecular complexity index is 336. The van der Waals surface area contributed by atoms with Crippen molar-refractivity contribution >= 4 is 5.96 Å². The van der Waals surface area contributed by atoms with Gasteiger partial charge in [0.15, 0.2) is 5.96 Å². The van der Waals surface area contributed by atoms with E-state index in [9.17, 15) is 4.39 Å². The van der Waals surface area contributed by atoms with Crippen LogP contribution in [-0.2, 0) is 6.42 Å². The molecule has 0 aliphatic heterocycles. The maximum absolute atomic E-state index is 12.8. The van der Waals surface area contributed by atoms with E-state index in [-0.39, 0.29) is 5.82 Å². The lowest BCUT2D eigenvalue weighted by Gasteiger charge is -2.02. The molecule has 1 rings (SSSR count). The number of halogens is 1. The zero-order chi connectivity index (χ0) is 11.1. The minimum absolute atomic E-state index is 0.212. The van der Waals surface area contributed by atoms with Gasteiger partial charge in [0.1, 0.15) is 5.82 Å². The van der Waals surface area contributed by atoms with Crippen molar-refractivity contribution in [3.63, 3.8) is 0 Å². The van der Waals surface area contributed by atoms with Crippen molar-refractivity contribution in [2.45, 2.75) is 13.3 Å². The largest absolute Gasteiger partial charge is 0.370 e. The van der Waals surface area contributed by atoms with Crippen LogP contribution < -0.4 is 11.1 Å². The SMILES string of the molecule is CCNC(N)=NCCc1cccc(F)c1. The van der Waals surface area contributed by atoms with E-state index in [1.165, 1.54) is 12.1 Å². The average Bonchev–Trinajstić information content (AvgIpc) is 2.18. The Labute approximate surface area is 89.2 Å². The van der Waals surface area contributed by atoms with E-state index >= 15 is 0 Å². The number of nitrogens with one attached hydrogen (secondary N) is 1. The van der Waals surface area contributed by atoms with Gasteiger partial charge >= 0.3 is 0 Å². The van der Waals surface area contributed by atoms with Crippen molar-refractivity contribution in [3.8, 4) is 0 Å². The topological polar surface area (TPSA) is 50.4 Å². The minimum Gasteiger partial charge on any atom is -0.370 e. The van der Waals surface area contributed by atoms with Crippen LogP contribution in [0.2, 0.25) is 0 Å². The number of guanidine groups is 1. The Morgan fingerprint density at radius 3 is 3.00 bits per heavy atom. The van der Waals surface area contributed by atoms with E-state index in [0.717, 1.165) is 12.1 Å². The summed E-state index contributed by atoms with van der Waals surface area (Å²) in [5.74, 6) is 0.227. The molecule has 0 bridgehead atoms. The Morgan fingerprint density at radius 1 is 1.53 bits per heavy atom. The number of nitrogens with zero attached hydrogens (tertiary/aromatic N) is 1. The molecule has 4 heteroatoms. The highest BCUT2D eigenvalue weighted by Gasteiger charge is 1.94. The fourth-order valence-electron chi connectivity index (χ4n) is 1.23. The molecule has 0 aliphatic rings. The molecule has 1 aromatic rings. The van der Waals surface area contributed by atoms with Gasteiger partial charge in [0.25, 0.3) is 0 Å². The number of aliphatic imine (C=N–C) groups is 1. The second-order valence-corrected chi connectivity index (χ2v) is 3.18. The molecular weight excluding hydrogens is 193 g/mol. The van der Waals surface area contributed by atoms with Crippen LogP contribution in [0, 0.1) is 5.82 Å². The maximum Gasteiger partial charge on any atom is 0.188 e. The highest BCUT2D eigenvalue weighted by atomic mass is 19.1. The van der Waals surface area contributed by atoms with Crippen molar-refractivity contribution in [2.75, 3.05) is 13.1 Å². The second kappa shape index (κ2) is 6.01. The number of benzene rings is 1. The molecule has 15 heavy (non-hydrogen) atoms. The van der Waals surface area contributed by atoms with Crippen LogP contribution in [-0.4, -0.2) is 19.0 Å². The molecule has 0 atom stereocenters. The summed E-state index contributed by atoms with van der Waals surface area (Å²) in [4.78, 5) is 4.10. The van der Waals surface area contributed by atoms with Crippen LogP contribution in [0.1, 0.15) is 12.5 Å². The molecule has 0 amide bonds. The molecular formula is C11H16FN3. The van der Waals surface area contributed by atoms with Gasteiger partial charge in [-0.25, -0.2) is 4.39 Å². The van der Waals surface area contributed by atoms with E-state index in [0.29, 0.717) is 18.9 Å². The Balaban J connectivity index is 2.40. The first-order valence-electron chi connectivity index (χ1n) is 5.00. The summed E-state index contributed by atoms with van der Waals surface area (Å²) in [6, 6.07) is 6.52. The van der Waals surface area contributed by atoms with Gasteiger partial charge in [0, 0.05) is 13.1 Å². The van der Waals surface area contributed by atoms with Gasteiger partial charge < -0.3 is 11.1 Å². The molecule has 0 heterocycles. The summed E-state index contributed by atoms with van der Waals surface area (Å²) in [7, 11) is 0. The molecule has 0 saturated carbocycles. The first-order valence-corrected chi connectivity index (χ1v) is 5.00. The third kappa shape index (κ3) is 4.44. The third-order valence-electron chi connectivity index (χ3n) is 1.93. The van der Waals surface area contributed by atoms with Crippen molar-refractivity contribution in [1.82, 2.24) is 5.32 Å². The first kappa shape index (κ1) is 11.5. The van der Waals surface area contributed by atoms with Gasteiger partial charge in [-0.15, -0.1) is 0 Å². The number of hydrogen-bond donors (Lipinski definition) is 2. The van der Waals surface area contributed by atoms with Crippen LogP contribution in [0.4, 0.5) is 4.39 Å². The predicted octanol–water partition coefficient (Wildman–Crippen LogP) is 1.29. The van der Waals surface area contributed by atoms with Crippen LogP contribution in [0.3, 0.4) is 0 Å². The van der Waals surface area contributed by atoms with Crippen LogP contribution >= 0.6 is 0 Å². The van der Waals surface area contributed by atoms with Gasteiger partial charge in [0.2, 0.25) is 0 Å². The highest BCUT2D eigenvalue weighted by molar-refractivity contribution is 5.77. The van der Waals surface area contributed by atoms with Gasteiger partial charge in [-0.05, 0) is 31.0 Å². The van der Waals surface area contributed by atoms with Gasteiger partial charge in [-0.2, -0.15) is 0 Å². The lowest BCUT2D eigenvalue weighted by Crippen LogP contribution is -2.31. The number of hydrogen-bond acceptors (Lipinski definition) is 1. The van der Waals surface area contributed by atoms with Gasteiger partial charge in [-0.1, -0.05) is 12.1 Å².